The predicted octanol–water partition coefficient (Wildman–Crippen LogP) is 3.50. The Kier molecular flexibility index (Phi) is 5.92. The maximum Gasteiger partial charge on any atom is 0.336 e. The Morgan fingerprint density at radius 2 is 2.10 bits per heavy atom. The number of carbonyl (C=O) groups excluding carboxylic acids is 1. The van der Waals surface area contributed by atoms with Gasteiger partial charge in [-0.1, -0.05) is 6.92 Å². The number of hydrogen-bond donors (Lipinski definition) is 1. The molecule has 0 unspecified atom stereocenters. The first kappa shape index (κ1) is 19.6. The molecule has 1 saturated heterocycles. The second kappa shape index (κ2) is 8.75. The molecule has 2 aromatic heterocycles. The number of nitrogens with zero attached hydrogens (tertiary/aromatic N) is 2. The van der Waals surface area contributed by atoms with Crippen LogP contribution in [-0.4, -0.2) is 35.5 Å². The Bertz CT molecular complexity index is 1050. The van der Waals surface area contributed by atoms with Crippen LogP contribution in [-0.2, 0) is 11.3 Å². The van der Waals surface area contributed by atoms with Gasteiger partial charge >= 0.3 is 5.63 Å². The number of amides is 1. The molecule has 0 radical (unpaired) electrons. The van der Waals surface area contributed by atoms with Crippen LogP contribution < -0.4 is 15.7 Å². The smallest absolute Gasteiger partial charge is 0.336 e. The van der Waals surface area contributed by atoms with Crippen molar-refractivity contribution in [2.45, 2.75) is 26.3 Å². The summed E-state index contributed by atoms with van der Waals surface area (Å²) in [6, 6.07) is 8.16. The van der Waals surface area contributed by atoms with E-state index >= 15 is 0 Å². The average molecular weight is 413 g/mol. The van der Waals surface area contributed by atoms with Crippen LogP contribution in [0.1, 0.15) is 25.5 Å². The van der Waals surface area contributed by atoms with Crippen molar-refractivity contribution in [3.05, 3.63) is 51.8 Å². The summed E-state index contributed by atoms with van der Waals surface area (Å²) < 4.78 is 10.6. The van der Waals surface area contributed by atoms with E-state index in [1.165, 1.54) is 30.2 Å². The van der Waals surface area contributed by atoms with Crippen molar-refractivity contribution in [3.8, 4) is 5.75 Å². The summed E-state index contributed by atoms with van der Waals surface area (Å²) in [5, 5.41) is 6.12. The fourth-order valence-corrected chi connectivity index (χ4v) is 4.04. The molecule has 1 aliphatic heterocycles. The number of benzene rings is 1. The normalized spacial score (nSPS) is 15.5. The number of rotatable bonds is 6. The van der Waals surface area contributed by atoms with E-state index in [0.717, 1.165) is 36.6 Å². The molecule has 0 aliphatic carbocycles. The van der Waals surface area contributed by atoms with Gasteiger partial charge in [0, 0.05) is 29.4 Å². The Morgan fingerprint density at radius 1 is 1.31 bits per heavy atom. The molecule has 1 aliphatic rings. The van der Waals surface area contributed by atoms with Gasteiger partial charge in [-0.3, -0.25) is 15.0 Å². The van der Waals surface area contributed by atoms with Gasteiger partial charge in [-0.15, -0.1) is 11.3 Å². The minimum atomic E-state index is -0.425. The summed E-state index contributed by atoms with van der Waals surface area (Å²) in [7, 11) is 0. The number of hydrogen-bond acceptors (Lipinski definition) is 7. The standard InChI is InChI=1S/C21H23N3O4S/c1-14-6-8-24(9-7-14)11-16-13-29-21(22-16)23-19(25)12-27-17-4-2-15-3-5-20(26)28-18(15)10-17/h2-5,10,13-14H,6-9,11-12H2,1H3,(H,22,23,25). The molecule has 4 rings (SSSR count). The van der Waals surface area contributed by atoms with E-state index in [-0.39, 0.29) is 12.5 Å². The summed E-state index contributed by atoms with van der Waals surface area (Å²) in [6.07, 6.45) is 2.45. The van der Waals surface area contributed by atoms with E-state index < -0.39 is 5.63 Å². The van der Waals surface area contributed by atoms with Gasteiger partial charge in [0.05, 0.1) is 5.69 Å². The third-order valence-electron chi connectivity index (χ3n) is 5.02. The third kappa shape index (κ3) is 5.21. The fraction of sp³-hybridized carbons (Fsp3) is 0.381. The first-order valence-electron chi connectivity index (χ1n) is 9.68. The van der Waals surface area contributed by atoms with Crippen LogP contribution in [0, 0.1) is 5.92 Å². The molecule has 1 aromatic carbocycles. The van der Waals surface area contributed by atoms with Gasteiger partial charge in [0.25, 0.3) is 5.91 Å². The van der Waals surface area contributed by atoms with Crippen LogP contribution >= 0.6 is 11.3 Å². The van der Waals surface area contributed by atoms with E-state index in [2.05, 4.69) is 22.1 Å². The summed E-state index contributed by atoms with van der Waals surface area (Å²) >= 11 is 1.42. The minimum Gasteiger partial charge on any atom is -0.484 e. The maximum atomic E-state index is 12.2. The minimum absolute atomic E-state index is 0.151. The molecule has 152 valence electrons. The van der Waals surface area contributed by atoms with Crippen LogP contribution in [0.15, 0.2) is 44.9 Å². The lowest BCUT2D eigenvalue weighted by Crippen LogP contribution is -2.32. The van der Waals surface area contributed by atoms with Gasteiger partial charge in [0.2, 0.25) is 0 Å². The predicted molar refractivity (Wildman–Crippen MR) is 112 cm³/mol. The number of ether oxygens (including phenoxy) is 1. The largest absolute Gasteiger partial charge is 0.484 e. The second-order valence-electron chi connectivity index (χ2n) is 7.39. The van der Waals surface area contributed by atoms with Gasteiger partial charge < -0.3 is 9.15 Å². The van der Waals surface area contributed by atoms with E-state index in [9.17, 15) is 9.59 Å². The van der Waals surface area contributed by atoms with Crippen molar-refractivity contribution in [3.63, 3.8) is 0 Å². The number of fused-ring (bicyclic) bond motifs is 1. The monoisotopic (exact) mass is 413 g/mol. The number of nitrogens with one attached hydrogen (secondary N) is 1. The van der Waals surface area contributed by atoms with E-state index in [0.29, 0.717) is 16.5 Å². The molecule has 0 bridgehead atoms. The van der Waals surface area contributed by atoms with Crippen molar-refractivity contribution in [1.29, 1.82) is 0 Å². The van der Waals surface area contributed by atoms with Crippen LogP contribution in [0.3, 0.4) is 0 Å². The van der Waals surface area contributed by atoms with E-state index in [1.54, 1.807) is 24.3 Å². The lowest BCUT2D eigenvalue weighted by Gasteiger charge is -2.29. The molecule has 0 spiro atoms. The quantitative estimate of drug-likeness (QED) is 0.623. The highest BCUT2D eigenvalue weighted by atomic mass is 32.1. The van der Waals surface area contributed by atoms with Crippen molar-refractivity contribution >= 4 is 33.3 Å². The summed E-state index contributed by atoms with van der Waals surface area (Å²) in [5.41, 5.74) is 0.975. The Labute approximate surface area is 172 Å². The molecule has 8 heteroatoms. The second-order valence-corrected chi connectivity index (χ2v) is 8.25. The Hall–Kier alpha value is -2.71. The van der Waals surface area contributed by atoms with E-state index in [4.69, 9.17) is 9.15 Å². The van der Waals surface area contributed by atoms with Gasteiger partial charge in [-0.05, 0) is 50.0 Å². The molecular formula is C21H23N3O4S. The molecule has 3 heterocycles. The molecule has 1 fully saturated rings. The lowest BCUT2D eigenvalue weighted by molar-refractivity contribution is -0.118. The Balaban J connectivity index is 1.29. The van der Waals surface area contributed by atoms with E-state index in [1.807, 2.05) is 5.38 Å². The zero-order valence-electron chi connectivity index (χ0n) is 16.2. The zero-order chi connectivity index (χ0) is 20.2. The van der Waals surface area contributed by atoms with Crippen LogP contribution in [0.4, 0.5) is 5.13 Å². The van der Waals surface area contributed by atoms with Gasteiger partial charge in [0.1, 0.15) is 11.3 Å². The number of anilines is 1. The number of likely N-dealkylation sites (tertiary alicyclic amines) is 1. The zero-order valence-corrected chi connectivity index (χ0v) is 17.0. The van der Waals surface area contributed by atoms with Crippen molar-refractivity contribution in [2.24, 2.45) is 5.92 Å². The molecular weight excluding hydrogens is 390 g/mol. The van der Waals surface area contributed by atoms with Gasteiger partial charge in [0.15, 0.2) is 11.7 Å². The molecule has 0 atom stereocenters. The number of thiazole rings is 1. The van der Waals surface area contributed by atoms with Crippen LogP contribution in [0.2, 0.25) is 0 Å². The summed E-state index contributed by atoms with van der Waals surface area (Å²) in [6.45, 7) is 5.16. The lowest BCUT2D eigenvalue weighted by atomic mass is 9.99. The van der Waals surface area contributed by atoms with Crippen molar-refractivity contribution in [1.82, 2.24) is 9.88 Å². The van der Waals surface area contributed by atoms with Gasteiger partial charge in [-0.25, -0.2) is 9.78 Å². The first-order chi connectivity index (χ1) is 14.0. The van der Waals surface area contributed by atoms with Crippen molar-refractivity contribution < 1.29 is 13.9 Å². The SMILES string of the molecule is CC1CCN(Cc2csc(NC(=O)COc3ccc4ccc(=O)oc4c3)n2)CC1. The molecule has 3 aromatic rings. The first-order valence-corrected chi connectivity index (χ1v) is 10.6. The number of aromatic nitrogens is 1. The maximum absolute atomic E-state index is 12.2. The molecule has 1 amide bonds. The third-order valence-corrected chi connectivity index (χ3v) is 5.83. The highest BCUT2D eigenvalue weighted by Crippen LogP contribution is 2.22. The topological polar surface area (TPSA) is 84.7 Å². The summed E-state index contributed by atoms with van der Waals surface area (Å²) in [5.74, 6) is 0.976. The molecule has 0 saturated carbocycles. The number of carbonyl (C=O) groups is 1. The number of piperidine rings is 1. The van der Waals surface area contributed by atoms with Gasteiger partial charge in [-0.2, -0.15) is 0 Å². The summed E-state index contributed by atoms with van der Waals surface area (Å²) in [4.78, 5) is 30.4. The molecule has 7 nitrogen and oxygen atoms in total. The Morgan fingerprint density at radius 3 is 2.93 bits per heavy atom. The van der Waals surface area contributed by atoms with Crippen LogP contribution in [0.25, 0.3) is 11.0 Å². The molecule has 29 heavy (non-hydrogen) atoms. The molecule has 1 N–H and O–H groups in total. The highest BCUT2D eigenvalue weighted by Gasteiger charge is 2.17. The fourth-order valence-electron chi connectivity index (χ4n) is 3.32. The highest BCUT2D eigenvalue weighted by molar-refractivity contribution is 7.13. The van der Waals surface area contributed by atoms with Crippen LogP contribution in [0.5, 0.6) is 5.75 Å². The average Bonchev–Trinajstić information content (AvgIpc) is 3.14. The van der Waals surface area contributed by atoms with Crippen molar-refractivity contribution in [2.75, 3.05) is 25.0 Å².